The summed E-state index contributed by atoms with van der Waals surface area (Å²) in [6.45, 7) is 8.36. The largest absolute Gasteiger partial charge is 0.369 e. The van der Waals surface area contributed by atoms with E-state index in [1.54, 1.807) is 11.1 Å². The summed E-state index contributed by atoms with van der Waals surface area (Å²) >= 11 is 0. The molecule has 18 heavy (non-hydrogen) atoms. The predicted octanol–water partition coefficient (Wildman–Crippen LogP) is 2.17. The van der Waals surface area contributed by atoms with Gasteiger partial charge in [-0.2, -0.15) is 0 Å². The molecule has 1 rings (SSSR count). The first kappa shape index (κ1) is 14.4. The zero-order chi connectivity index (χ0) is 13.4. The van der Waals surface area contributed by atoms with Crippen LogP contribution in [0.5, 0.6) is 0 Å². The van der Waals surface area contributed by atoms with E-state index in [4.69, 9.17) is 0 Å². The molecule has 0 spiro atoms. The molecule has 0 saturated heterocycles. The predicted molar refractivity (Wildman–Crippen MR) is 72.7 cm³/mol. The van der Waals surface area contributed by atoms with Gasteiger partial charge in [0.1, 0.15) is 11.5 Å². The van der Waals surface area contributed by atoms with Gasteiger partial charge in [0.25, 0.3) is 5.91 Å². The van der Waals surface area contributed by atoms with Crippen LogP contribution in [0.25, 0.3) is 0 Å². The van der Waals surface area contributed by atoms with Crippen LogP contribution in [-0.4, -0.2) is 40.4 Å². The van der Waals surface area contributed by atoms with Gasteiger partial charge in [0.05, 0.1) is 12.4 Å². The highest BCUT2D eigenvalue weighted by atomic mass is 16.2. The highest BCUT2D eigenvalue weighted by molar-refractivity contribution is 5.92. The van der Waals surface area contributed by atoms with Gasteiger partial charge < -0.3 is 10.2 Å². The normalized spacial score (nSPS) is 10.2. The number of nitrogens with zero attached hydrogens (tertiary/aromatic N) is 3. The number of anilines is 1. The van der Waals surface area contributed by atoms with Gasteiger partial charge in [0, 0.05) is 19.6 Å². The second kappa shape index (κ2) is 7.63. The summed E-state index contributed by atoms with van der Waals surface area (Å²) in [7, 11) is 0. The number of carbonyl (C=O) groups excluding carboxylic acids is 1. The molecule has 0 atom stereocenters. The lowest BCUT2D eigenvalue weighted by Gasteiger charge is -2.19. The molecule has 0 fully saturated rings. The van der Waals surface area contributed by atoms with Crippen molar-refractivity contribution in [3.8, 4) is 0 Å². The van der Waals surface area contributed by atoms with E-state index >= 15 is 0 Å². The summed E-state index contributed by atoms with van der Waals surface area (Å²) in [6, 6.07) is 0. The van der Waals surface area contributed by atoms with Crippen molar-refractivity contribution in [3.63, 3.8) is 0 Å². The second-order valence-electron chi connectivity index (χ2n) is 4.06. The van der Waals surface area contributed by atoms with Crippen molar-refractivity contribution < 1.29 is 4.79 Å². The first-order valence-corrected chi connectivity index (χ1v) is 6.58. The van der Waals surface area contributed by atoms with Crippen LogP contribution in [0.3, 0.4) is 0 Å². The molecule has 1 heterocycles. The van der Waals surface area contributed by atoms with Gasteiger partial charge in [0.2, 0.25) is 0 Å². The number of rotatable bonds is 7. The van der Waals surface area contributed by atoms with Crippen molar-refractivity contribution in [2.75, 3.05) is 25.0 Å². The van der Waals surface area contributed by atoms with Gasteiger partial charge >= 0.3 is 0 Å². The Bertz CT molecular complexity index is 364. The van der Waals surface area contributed by atoms with E-state index in [0.717, 1.165) is 25.9 Å². The Morgan fingerprint density at radius 1 is 1.28 bits per heavy atom. The molecule has 1 aromatic heterocycles. The summed E-state index contributed by atoms with van der Waals surface area (Å²) in [5, 5.41) is 3.05. The molecule has 5 nitrogen and oxygen atoms in total. The lowest BCUT2D eigenvalue weighted by molar-refractivity contribution is 0.0756. The summed E-state index contributed by atoms with van der Waals surface area (Å²) in [4.78, 5) is 22.3. The van der Waals surface area contributed by atoms with Crippen molar-refractivity contribution in [3.05, 3.63) is 18.1 Å². The zero-order valence-corrected chi connectivity index (χ0v) is 11.4. The maximum atomic E-state index is 12.2. The fourth-order valence-corrected chi connectivity index (χ4v) is 1.63. The highest BCUT2D eigenvalue weighted by Crippen LogP contribution is 2.05. The van der Waals surface area contributed by atoms with Crippen LogP contribution < -0.4 is 5.32 Å². The number of nitrogens with one attached hydrogen (secondary N) is 1. The number of hydrogen-bond donors (Lipinski definition) is 1. The SMILES string of the molecule is CCCCN(CC)C(=O)c1cnc(NCC)cn1. The molecule has 0 saturated carbocycles. The van der Waals surface area contributed by atoms with Gasteiger partial charge in [-0.25, -0.2) is 9.97 Å². The maximum Gasteiger partial charge on any atom is 0.274 e. The Balaban J connectivity index is 2.69. The Hall–Kier alpha value is -1.65. The molecule has 5 heteroatoms. The smallest absolute Gasteiger partial charge is 0.274 e. The number of hydrogen-bond acceptors (Lipinski definition) is 4. The molecule has 1 amide bonds. The molecule has 0 aliphatic heterocycles. The molecule has 1 N–H and O–H groups in total. The molecule has 0 aromatic carbocycles. The molecule has 0 aliphatic carbocycles. The van der Waals surface area contributed by atoms with E-state index < -0.39 is 0 Å². The zero-order valence-electron chi connectivity index (χ0n) is 11.4. The van der Waals surface area contributed by atoms with E-state index in [0.29, 0.717) is 18.1 Å². The Morgan fingerprint density at radius 3 is 2.56 bits per heavy atom. The quantitative estimate of drug-likeness (QED) is 0.805. The number of unbranched alkanes of at least 4 members (excludes halogenated alkanes) is 1. The Labute approximate surface area is 109 Å². The van der Waals surface area contributed by atoms with E-state index in [1.807, 2.05) is 13.8 Å². The van der Waals surface area contributed by atoms with Gasteiger partial charge in [0.15, 0.2) is 0 Å². The van der Waals surface area contributed by atoms with E-state index in [-0.39, 0.29) is 5.91 Å². The van der Waals surface area contributed by atoms with Crippen LogP contribution in [0.1, 0.15) is 44.1 Å². The van der Waals surface area contributed by atoms with Crippen molar-refractivity contribution >= 4 is 11.7 Å². The fraction of sp³-hybridized carbons (Fsp3) is 0.615. The van der Waals surface area contributed by atoms with E-state index in [9.17, 15) is 4.79 Å². The lowest BCUT2D eigenvalue weighted by Crippen LogP contribution is -2.32. The minimum absolute atomic E-state index is 0.0403. The van der Waals surface area contributed by atoms with Crippen LogP contribution in [0.4, 0.5) is 5.82 Å². The molecule has 100 valence electrons. The van der Waals surface area contributed by atoms with Crippen LogP contribution in [0.15, 0.2) is 12.4 Å². The van der Waals surface area contributed by atoms with Crippen molar-refractivity contribution in [1.82, 2.24) is 14.9 Å². The van der Waals surface area contributed by atoms with Crippen molar-refractivity contribution in [1.29, 1.82) is 0 Å². The Morgan fingerprint density at radius 2 is 2.06 bits per heavy atom. The lowest BCUT2D eigenvalue weighted by atomic mass is 10.3. The first-order chi connectivity index (χ1) is 8.72. The fourth-order valence-electron chi connectivity index (χ4n) is 1.63. The van der Waals surface area contributed by atoms with Gasteiger partial charge in [-0.05, 0) is 20.3 Å². The number of carbonyl (C=O) groups is 1. The average Bonchev–Trinajstić information content (AvgIpc) is 2.40. The van der Waals surface area contributed by atoms with Crippen LogP contribution >= 0.6 is 0 Å². The first-order valence-electron chi connectivity index (χ1n) is 6.58. The van der Waals surface area contributed by atoms with Crippen molar-refractivity contribution in [2.45, 2.75) is 33.6 Å². The summed E-state index contributed by atoms with van der Waals surface area (Å²) in [6.07, 6.45) is 5.23. The third kappa shape index (κ3) is 3.98. The Kier molecular flexibility index (Phi) is 6.11. The van der Waals surface area contributed by atoms with Crippen LogP contribution in [-0.2, 0) is 0 Å². The van der Waals surface area contributed by atoms with Crippen LogP contribution in [0, 0.1) is 0 Å². The molecular weight excluding hydrogens is 228 g/mol. The average molecular weight is 250 g/mol. The van der Waals surface area contributed by atoms with Crippen molar-refractivity contribution in [2.24, 2.45) is 0 Å². The van der Waals surface area contributed by atoms with Gasteiger partial charge in [-0.15, -0.1) is 0 Å². The third-order valence-corrected chi connectivity index (χ3v) is 2.68. The topological polar surface area (TPSA) is 58.1 Å². The summed E-state index contributed by atoms with van der Waals surface area (Å²) in [5.74, 6) is 0.659. The van der Waals surface area contributed by atoms with Crippen LogP contribution in [0.2, 0.25) is 0 Å². The van der Waals surface area contributed by atoms with Gasteiger partial charge in [-0.3, -0.25) is 4.79 Å². The molecule has 0 radical (unpaired) electrons. The summed E-state index contributed by atoms with van der Waals surface area (Å²) in [5.41, 5.74) is 0.412. The molecule has 0 bridgehead atoms. The van der Waals surface area contributed by atoms with E-state index in [1.165, 1.54) is 6.20 Å². The molecular formula is C13H22N4O. The molecule has 0 aliphatic rings. The summed E-state index contributed by atoms with van der Waals surface area (Å²) < 4.78 is 0. The third-order valence-electron chi connectivity index (χ3n) is 2.68. The standard InChI is InChI=1S/C13H22N4O/c1-4-7-8-17(6-3)13(18)11-9-16-12(10-15-11)14-5-2/h9-10H,4-8H2,1-3H3,(H,14,16). The number of aromatic nitrogens is 2. The van der Waals surface area contributed by atoms with Gasteiger partial charge in [-0.1, -0.05) is 13.3 Å². The molecule has 1 aromatic rings. The molecule has 0 unspecified atom stereocenters. The monoisotopic (exact) mass is 250 g/mol. The van der Waals surface area contributed by atoms with E-state index in [2.05, 4.69) is 22.2 Å². The number of amides is 1. The minimum atomic E-state index is -0.0403. The minimum Gasteiger partial charge on any atom is -0.369 e. The second-order valence-corrected chi connectivity index (χ2v) is 4.06. The maximum absolute atomic E-state index is 12.2. The highest BCUT2D eigenvalue weighted by Gasteiger charge is 2.15.